The van der Waals surface area contributed by atoms with E-state index in [0.717, 1.165) is 29.8 Å². The maximum Gasteiger partial charge on any atom is 0.208 e. The third-order valence-corrected chi connectivity index (χ3v) is 3.83. The molecule has 0 amide bonds. The summed E-state index contributed by atoms with van der Waals surface area (Å²) in [6.45, 7) is 4.04. The number of benzene rings is 1. The number of rotatable bonds is 8. The summed E-state index contributed by atoms with van der Waals surface area (Å²) in [4.78, 5) is 4.30. The molecular weight excluding hydrogens is 451 g/mol. The van der Waals surface area contributed by atoms with Crippen molar-refractivity contribution in [2.24, 2.45) is 4.99 Å². The van der Waals surface area contributed by atoms with Crippen molar-refractivity contribution in [3.8, 4) is 0 Å². The second-order valence-electron chi connectivity index (χ2n) is 4.70. The molecule has 0 spiro atoms. The molecule has 3 N–H and O–H groups in total. The lowest BCUT2D eigenvalue weighted by Gasteiger charge is -2.12. The Morgan fingerprint density at radius 3 is 2.52 bits per heavy atom. The van der Waals surface area contributed by atoms with Gasteiger partial charge in [-0.1, -0.05) is 29.8 Å². The van der Waals surface area contributed by atoms with Crippen LogP contribution < -0.4 is 15.4 Å². The van der Waals surface area contributed by atoms with Crippen LogP contribution in [0.5, 0.6) is 0 Å². The van der Waals surface area contributed by atoms with Gasteiger partial charge in [-0.3, -0.25) is 4.99 Å². The van der Waals surface area contributed by atoms with Gasteiger partial charge in [-0.2, -0.15) is 0 Å². The summed E-state index contributed by atoms with van der Waals surface area (Å²) >= 11 is 6.11. The van der Waals surface area contributed by atoms with Crippen molar-refractivity contribution in [2.75, 3.05) is 32.4 Å². The summed E-state index contributed by atoms with van der Waals surface area (Å²) < 4.78 is 24.3. The zero-order valence-corrected chi connectivity index (χ0v) is 17.2. The molecule has 6 nitrogen and oxygen atoms in total. The molecule has 23 heavy (non-hydrogen) atoms. The SMILES string of the molecule is CCNC(=NCCNS(C)(=O)=O)NCCc1ccccc1Cl.I. The molecule has 1 rings (SSSR count). The van der Waals surface area contributed by atoms with E-state index < -0.39 is 10.0 Å². The number of aliphatic imine (C=N–C) groups is 1. The van der Waals surface area contributed by atoms with E-state index in [4.69, 9.17) is 11.6 Å². The zero-order valence-electron chi connectivity index (χ0n) is 13.3. The topological polar surface area (TPSA) is 82.6 Å². The molecule has 0 unspecified atom stereocenters. The fourth-order valence-electron chi connectivity index (χ4n) is 1.76. The van der Waals surface area contributed by atoms with Crippen molar-refractivity contribution in [2.45, 2.75) is 13.3 Å². The van der Waals surface area contributed by atoms with E-state index in [1.165, 1.54) is 0 Å². The highest BCUT2D eigenvalue weighted by molar-refractivity contribution is 14.0. The molecule has 0 bridgehead atoms. The van der Waals surface area contributed by atoms with Crippen LogP contribution in [0.1, 0.15) is 12.5 Å². The Bertz CT molecular complexity index is 596. The number of hydrogen-bond acceptors (Lipinski definition) is 3. The summed E-state index contributed by atoms with van der Waals surface area (Å²) in [6.07, 6.45) is 1.91. The van der Waals surface area contributed by atoms with Crippen LogP contribution in [-0.2, 0) is 16.4 Å². The van der Waals surface area contributed by atoms with Gasteiger partial charge in [0.1, 0.15) is 0 Å². The third-order valence-electron chi connectivity index (χ3n) is 2.73. The summed E-state index contributed by atoms with van der Waals surface area (Å²) in [7, 11) is -3.17. The molecule has 0 fully saturated rings. The molecular formula is C14H24ClIN4O2S. The first-order valence-corrected chi connectivity index (χ1v) is 9.39. The molecule has 0 atom stereocenters. The number of hydrogen-bond donors (Lipinski definition) is 3. The normalized spacial score (nSPS) is 11.7. The Kier molecular flexibility index (Phi) is 11.6. The lowest BCUT2D eigenvalue weighted by Crippen LogP contribution is -2.39. The maximum absolute atomic E-state index is 11.0. The van der Waals surface area contributed by atoms with Crippen LogP contribution >= 0.6 is 35.6 Å². The zero-order chi connectivity index (χ0) is 16.4. The van der Waals surface area contributed by atoms with Crippen LogP contribution in [0, 0.1) is 0 Å². The highest BCUT2D eigenvalue weighted by atomic mass is 127. The van der Waals surface area contributed by atoms with Crippen molar-refractivity contribution in [3.63, 3.8) is 0 Å². The molecule has 0 radical (unpaired) electrons. The molecule has 0 aliphatic heterocycles. The molecule has 0 aliphatic carbocycles. The highest BCUT2D eigenvalue weighted by Gasteiger charge is 2.02. The minimum Gasteiger partial charge on any atom is -0.357 e. The summed E-state index contributed by atoms with van der Waals surface area (Å²) in [5.41, 5.74) is 1.08. The molecule has 1 aromatic rings. The predicted octanol–water partition coefficient (Wildman–Crippen LogP) is 1.60. The third kappa shape index (κ3) is 10.7. The largest absolute Gasteiger partial charge is 0.357 e. The predicted molar refractivity (Wildman–Crippen MR) is 107 cm³/mol. The minimum atomic E-state index is -3.17. The van der Waals surface area contributed by atoms with Gasteiger partial charge in [-0.25, -0.2) is 13.1 Å². The Morgan fingerprint density at radius 2 is 1.91 bits per heavy atom. The average molecular weight is 475 g/mol. The Labute approximate surface area is 160 Å². The number of halogens is 2. The van der Waals surface area contributed by atoms with Crippen LogP contribution in [-0.4, -0.2) is 46.8 Å². The van der Waals surface area contributed by atoms with Crippen LogP contribution in [0.4, 0.5) is 0 Å². The number of sulfonamides is 1. The van der Waals surface area contributed by atoms with E-state index in [-0.39, 0.29) is 30.5 Å². The van der Waals surface area contributed by atoms with Crippen molar-refractivity contribution in [1.29, 1.82) is 0 Å². The van der Waals surface area contributed by atoms with E-state index in [1.54, 1.807) is 0 Å². The first kappa shape index (κ1) is 22.4. The average Bonchev–Trinajstić information content (AvgIpc) is 2.44. The summed E-state index contributed by atoms with van der Waals surface area (Å²) in [6, 6.07) is 7.72. The van der Waals surface area contributed by atoms with E-state index in [2.05, 4.69) is 20.3 Å². The lowest BCUT2D eigenvalue weighted by molar-refractivity contribution is 0.588. The van der Waals surface area contributed by atoms with Crippen molar-refractivity contribution >= 4 is 51.6 Å². The van der Waals surface area contributed by atoms with E-state index in [0.29, 0.717) is 19.0 Å². The number of guanidine groups is 1. The van der Waals surface area contributed by atoms with Gasteiger partial charge in [0.25, 0.3) is 0 Å². The quantitative estimate of drug-likeness (QED) is 0.231. The Balaban J connectivity index is 0.00000484. The number of nitrogens with zero attached hydrogens (tertiary/aromatic N) is 1. The van der Waals surface area contributed by atoms with E-state index in [9.17, 15) is 8.42 Å². The van der Waals surface area contributed by atoms with Crippen LogP contribution in [0.15, 0.2) is 29.3 Å². The van der Waals surface area contributed by atoms with Gasteiger partial charge in [-0.05, 0) is 25.0 Å². The minimum absolute atomic E-state index is 0. The van der Waals surface area contributed by atoms with Gasteiger partial charge in [0.05, 0.1) is 12.8 Å². The molecule has 0 saturated heterocycles. The molecule has 0 aliphatic rings. The fraction of sp³-hybridized carbons (Fsp3) is 0.500. The first-order valence-electron chi connectivity index (χ1n) is 7.12. The van der Waals surface area contributed by atoms with Crippen LogP contribution in [0.25, 0.3) is 0 Å². The number of nitrogens with one attached hydrogen (secondary N) is 3. The van der Waals surface area contributed by atoms with Crippen LogP contribution in [0.3, 0.4) is 0 Å². The molecule has 1 aromatic carbocycles. The van der Waals surface area contributed by atoms with Gasteiger partial charge >= 0.3 is 0 Å². The molecule has 0 saturated carbocycles. The molecule has 0 aromatic heterocycles. The standard InChI is InChI=1S/C14H23ClN4O2S.HI/c1-3-16-14(18-10-11-19-22(2,20)21)17-9-8-12-6-4-5-7-13(12)15;/h4-7,19H,3,8-11H2,1-2H3,(H2,16,17,18);1H. The summed E-state index contributed by atoms with van der Waals surface area (Å²) in [5, 5.41) is 7.06. The van der Waals surface area contributed by atoms with Crippen molar-refractivity contribution < 1.29 is 8.42 Å². The van der Waals surface area contributed by atoms with Gasteiger partial charge in [-0.15, -0.1) is 24.0 Å². The van der Waals surface area contributed by atoms with E-state index >= 15 is 0 Å². The van der Waals surface area contributed by atoms with Crippen molar-refractivity contribution in [1.82, 2.24) is 15.4 Å². The van der Waals surface area contributed by atoms with Gasteiger partial charge in [0, 0.05) is 24.7 Å². The van der Waals surface area contributed by atoms with Gasteiger partial charge in [0.15, 0.2) is 5.96 Å². The molecule has 9 heteroatoms. The Hall–Kier alpha value is -0.580. The lowest BCUT2D eigenvalue weighted by atomic mass is 10.1. The molecule has 132 valence electrons. The monoisotopic (exact) mass is 474 g/mol. The van der Waals surface area contributed by atoms with Gasteiger partial charge in [0.2, 0.25) is 10.0 Å². The van der Waals surface area contributed by atoms with Gasteiger partial charge < -0.3 is 10.6 Å². The van der Waals surface area contributed by atoms with E-state index in [1.807, 2.05) is 31.2 Å². The second kappa shape index (κ2) is 11.9. The highest BCUT2D eigenvalue weighted by Crippen LogP contribution is 2.14. The first-order chi connectivity index (χ1) is 10.4. The molecule has 0 heterocycles. The second-order valence-corrected chi connectivity index (χ2v) is 6.94. The smallest absolute Gasteiger partial charge is 0.208 e. The van der Waals surface area contributed by atoms with Crippen LogP contribution in [0.2, 0.25) is 5.02 Å². The fourth-order valence-corrected chi connectivity index (χ4v) is 2.45. The summed E-state index contributed by atoms with van der Waals surface area (Å²) in [5.74, 6) is 0.657. The van der Waals surface area contributed by atoms with Crippen molar-refractivity contribution in [3.05, 3.63) is 34.9 Å². The Morgan fingerprint density at radius 1 is 1.22 bits per heavy atom. The maximum atomic E-state index is 11.0.